The average Bonchev–Trinajstić information content (AvgIpc) is 1.63. The molecule has 141 heavy (non-hydrogen) atoms. The molecule has 4 N–H and O–H groups in total. The van der Waals surface area contributed by atoms with Gasteiger partial charge < -0.3 is 33.5 Å². The van der Waals surface area contributed by atoms with Gasteiger partial charge >= 0.3 is 7.12 Å². The van der Waals surface area contributed by atoms with Crippen LogP contribution in [0.5, 0.6) is 0 Å². The molecule has 0 amide bonds. The molecule has 4 saturated heterocycles. The molecule has 0 atom stereocenters. The zero-order chi connectivity index (χ0) is 103. The van der Waals surface area contributed by atoms with Crippen molar-refractivity contribution < 1.29 is 48.8 Å². The van der Waals surface area contributed by atoms with E-state index in [1.807, 2.05) is 44.4 Å². The van der Waals surface area contributed by atoms with E-state index >= 15 is 0 Å². The fourth-order valence-electron chi connectivity index (χ4n) is 14.2. The Labute approximate surface area is 853 Å². The zero-order valence-electron chi connectivity index (χ0n) is 80.3. The van der Waals surface area contributed by atoms with Crippen LogP contribution < -0.4 is 5.46 Å². The molecule has 18 heterocycles. The summed E-state index contributed by atoms with van der Waals surface area (Å²) in [5.74, 6) is 0.177. The van der Waals surface area contributed by atoms with Crippen LogP contribution in [0.15, 0.2) is 105 Å². The van der Waals surface area contributed by atoms with Crippen LogP contribution in [0.2, 0.25) is 114 Å². The van der Waals surface area contributed by atoms with E-state index in [1.165, 1.54) is 44.3 Å². The topological polar surface area (TPSA) is 537 Å². The van der Waals surface area contributed by atoms with Gasteiger partial charge in [-0.3, -0.25) is 33.3 Å². The van der Waals surface area contributed by atoms with Gasteiger partial charge in [0.2, 0.25) is 45.9 Å². The summed E-state index contributed by atoms with van der Waals surface area (Å²) in [4.78, 5) is 60.0. The Balaban J connectivity index is 0.000000152. The molecular weight excluding hydrogens is 2070 g/mol. The number of imidazole rings is 3. The highest BCUT2D eigenvalue weighted by Gasteiger charge is 2.53. The predicted molar refractivity (Wildman–Crippen MR) is 549 cm³/mol. The number of nitriles is 3. The minimum Gasteiger partial charge on any atom is -0.399 e. The SMILES string of the molecule is CC1(C)OB(c2cn[nH]c2)OC1(C)C.CCS(=O)(=O)N1CC(=CC#N)C1.CCS(=O)(=O)N1CC(CC#N)(n2cc(-c3ncnc4c3nc(Cl)n4COCC[Si](C)(C)C)cn2)C1.CCS(=O)(=O)N1CC(CC#N)(n2cc(-c3ncnc4nc(Cl)[nH]c34)cn2)C1.C[Si](C)(C)CCOCn1c(Cl)cc2c(-c3cn[nH]c3)ncnc21.C[Si](C)(C)CCOCn1c(Cl)nc2c(Cl)ncnc21.Clc1cc2c(Cl)ncnc2[nH]1. The first-order chi connectivity index (χ1) is 66.5. The first-order valence-corrected chi connectivity index (χ1v) is 62.9. The normalized spacial score (nSPS) is 15.7. The van der Waals surface area contributed by atoms with Gasteiger partial charge in [-0.05, 0) is 119 Å². The first kappa shape index (κ1) is 110. The number of allylic oxidation sites excluding steroid dienone is 1. The van der Waals surface area contributed by atoms with E-state index in [4.69, 9.17) is 110 Å². The maximum atomic E-state index is 12.2. The van der Waals surface area contributed by atoms with Crippen LogP contribution in [-0.4, -0.2) is 285 Å². The van der Waals surface area contributed by atoms with Crippen molar-refractivity contribution >= 4 is 204 Å². The van der Waals surface area contributed by atoms with Crippen LogP contribution in [0.25, 0.3) is 89.3 Å². The summed E-state index contributed by atoms with van der Waals surface area (Å²) in [5.41, 5.74) is 8.68. The van der Waals surface area contributed by atoms with Crippen LogP contribution in [0.1, 0.15) is 61.3 Å². The second-order valence-corrected chi connectivity index (χ2v) is 63.9. The van der Waals surface area contributed by atoms with Crippen LogP contribution in [0, 0.1) is 34.0 Å². The standard InChI is InChI=1S/C21H29ClN8O3SSi.C15H15ClN8O2S.C15H20ClN5OSi.C11H16Cl2N4OSi.C9H15BN2O2.C7H10N2O2S.C6H3Cl2N3/c1-5-34(31,32)28-12-21(13-28,6-7-23)30-11-16(10-26-30)17-18-19(25-14-24-17)29(20(22)27-18)15-33-8-9-35(2,3)4;1-2-27(25,26)23-7-15(8-23,3-4-17)24-6-10(5-20-24)11-12-13(19-9-18-11)22-14(16)21-12;1-23(2,3)5-4-22-10-21-13(16)6-12-14(11-7-19-20-8-11)17-9-18-15(12)21;1-19(2,3)5-4-18-7-17-10-8(16-11(17)13)9(12)14-6-15-10;1-8(2)9(3,4)14-10(13-8)7-5-11-12-6-7;1-2-12(10,11)9-5-7(6-9)3-4-8;7-4-1-3-5(8)9-2-10-6(3)11-4/h10-11,14H,5-6,8-9,12-13,15H2,1-4H3;5-6,9H,2-3,7-8H2,1H3,(H,18,19,21,22);6-9H,4-5,10H2,1-3H3,(H,19,20);6H,4-5,7H2,1-3H3;5-6H,1-4H3,(H,11,12);3H,2,5-6H2,1H3;1-2H,(H,9,10,11). The second kappa shape index (κ2) is 46.1. The molecule has 0 spiro atoms. The molecule has 43 nitrogen and oxygen atoms in total. The number of nitrogens with one attached hydrogen (secondary N) is 4. The molecule has 4 aliphatic rings. The molecular formula is C84H108BCl7N32O11S3Si3. The third-order valence-electron chi connectivity index (χ3n) is 23.3. The fraction of sp³-hybridized carbons (Fsp3) is 0.476. The number of fused-ring (bicyclic) bond motifs is 5. The third-order valence-corrected chi connectivity index (χ3v) is 35.6. The highest BCUT2D eigenvalue weighted by molar-refractivity contribution is 7.89. The maximum absolute atomic E-state index is 12.2. The lowest BCUT2D eigenvalue weighted by Crippen LogP contribution is -2.64. The van der Waals surface area contributed by atoms with E-state index in [1.54, 1.807) is 101 Å². The summed E-state index contributed by atoms with van der Waals surface area (Å²) in [6.07, 6.45) is 22.7. The maximum Gasteiger partial charge on any atom is 0.498 e. The number of halogens is 7. The Bertz CT molecular complexity index is 7220. The van der Waals surface area contributed by atoms with Gasteiger partial charge in [-0.25, -0.2) is 85.1 Å². The zero-order valence-corrected chi connectivity index (χ0v) is 91.1. The Morgan fingerprint density at radius 2 is 0.965 bits per heavy atom. The number of aromatic nitrogens is 26. The van der Waals surface area contributed by atoms with E-state index in [-0.39, 0.29) is 91.9 Å². The Kier molecular flexibility index (Phi) is 36.0. The van der Waals surface area contributed by atoms with Crippen LogP contribution in [0.3, 0.4) is 0 Å². The Morgan fingerprint density at radius 3 is 1.46 bits per heavy atom. The van der Waals surface area contributed by atoms with Gasteiger partial charge in [0.05, 0.1) is 89.2 Å². The van der Waals surface area contributed by atoms with Crippen molar-refractivity contribution in [2.75, 3.05) is 76.3 Å². The molecule has 0 radical (unpaired) electrons. The van der Waals surface area contributed by atoms with Crippen LogP contribution in [0.4, 0.5) is 0 Å². The summed E-state index contributed by atoms with van der Waals surface area (Å²) in [7, 11) is -13.3. The van der Waals surface area contributed by atoms with Crippen molar-refractivity contribution in [2.45, 2.75) is 181 Å². The third kappa shape index (κ3) is 27.1. The van der Waals surface area contributed by atoms with Crippen molar-refractivity contribution in [3.05, 3.63) is 141 Å². The molecule has 14 aromatic heterocycles. The molecule has 0 aromatic carbocycles. The average molecular weight is 2180 g/mol. The van der Waals surface area contributed by atoms with Crippen LogP contribution in [-0.2, 0) is 84.9 Å². The lowest BCUT2D eigenvalue weighted by Gasteiger charge is -2.47. The van der Waals surface area contributed by atoms with Gasteiger partial charge in [-0.2, -0.15) is 54.1 Å². The summed E-state index contributed by atoms with van der Waals surface area (Å²) >= 11 is 42.1. The highest BCUT2D eigenvalue weighted by atomic mass is 35.5. The van der Waals surface area contributed by atoms with Crippen LogP contribution >= 0.6 is 81.2 Å². The van der Waals surface area contributed by atoms with Crippen molar-refractivity contribution in [3.63, 3.8) is 0 Å². The molecule has 18 rings (SSSR count). The van der Waals surface area contributed by atoms with E-state index in [9.17, 15) is 35.8 Å². The second-order valence-electron chi connectivity index (χ2n) is 37.8. The number of hydrogen-bond acceptors (Lipinski definition) is 31. The number of ether oxygens (including phenoxy) is 3. The van der Waals surface area contributed by atoms with Gasteiger partial charge in [0, 0.05) is 148 Å². The molecule has 0 unspecified atom stereocenters. The van der Waals surface area contributed by atoms with Crippen molar-refractivity contribution in [1.82, 2.24) is 141 Å². The number of sulfonamides is 3. The van der Waals surface area contributed by atoms with Crippen molar-refractivity contribution in [2.24, 2.45) is 0 Å². The van der Waals surface area contributed by atoms with E-state index < -0.39 is 65.4 Å². The minimum atomic E-state index is -3.33. The first-order valence-electron chi connectivity index (χ1n) is 44.3. The molecule has 14 aromatic rings. The summed E-state index contributed by atoms with van der Waals surface area (Å²) in [6.45, 7) is 38.4. The molecule has 0 aliphatic carbocycles. The number of H-pyrrole nitrogens is 4. The lowest BCUT2D eigenvalue weighted by atomic mass is 9.82. The molecule has 0 bridgehead atoms. The van der Waals surface area contributed by atoms with E-state index in [2.05, 4.69) is 176 Å². The summed E-state index contributed by atoms with van der Waals surface area (Å²) < 4.78 is 113. The summed E-state index contributed by atoms with van der Waals surface area (Å²) in [6, 6.07) is 13.0. The quantitative estimate of drug-likeness (QED) is 0.0111. The largest absolute Gasteiger partial charge is 0.498 e. The molecule has 0 saturated carbocycles. The number of hydrogen-bond donors (Lipinski definition) is 4. The monoisotopic (exact) mass is 2180 g/mol. The minimum absolute atomic E-state index is 0.0180. The molecule has 752 valence electrons. The Hall–Kier alpha value is -9.78. The summed E-state index contributed by atoms with van der Waals surface area (Å²) in [5, 5.41) is 53.4. The van der Waals surface area contributed by atoms with Crippen molar-refractivity contribution in [1.29, 1.82) is 15.8 Å². The van der Waals surface area contributed by atoms with Gasteiger partial charge in [0.25, 0.3) is 0 Å². The smallest absolute Gasteiger partial charge is 0.399 e. The Morgan fingerprint density at radius 1 is 0.504 bits per heavy atom. The molecule has 4 aliphatic heterocycles. The van der Waals surface area contributed by atoms with Gasteiger partial charge in [0.15, 0.2) is 22.1 Å². The fourth-order valence-corrected chi connectivity index (χ4v) is 21.4. The predicted octanol–water partition coefficient (Wildman–Crippen LogP) is 14.4. The van der Waals surface area contributed by atoms with Crippen molar-refractivity contribution in [3.8, 4) is 52.0 Å². The van der Waals surface area contributed by atoms with E-state index in [0.717, 1.165) is 63.5 Å². The van der Waals surface area contributed by atoms with Gasteiger partial charge in [-0.15, -0.1) is 0 Å². The number of rotatable bonds is 29. The molecule has 57 heteroatoms. The molecule has 4 fully saturated rings. The number of aromatic amines is 4. The lowest BCUT2D eigenvalue weighted by molar-refractivity contribution is 0.00578. The number of nitrogens with zero attached hydrogens (tertiary/aromatic N) is 28. The highest BCUT2D eigenvalue weighted by Crippen LogP contribution is 2.41. The van der Waals surface area contributed by atoms with Gasteiger partial charge in [0.1, 0.15) is 118 Å². The van der Waals surface area contributed by atoms with E-state index in [0.29, 0.717) is 127 Å². The van der Waals surface area contributed by atoms with Gasteiger partial charge in [-0.1, -0.05) is 105 Å².